The summed E-state index contributed by atoms with van der Waals surface area (Å²) in [6.07, 6.45) is 0. The van der Waals surface area contributed by atoms with E-state index < -0.39 is 0 Å². The molecule has 0 radical (unpaired) electrons. The van der Waals surface area contributed by atoms with Gasteiger partial charge in [-0.05, 0) is 13.8 Å². The van der Waals surface area contributed by atoms with E-state index in [1.54, 1.807) is 0 Å². The molecule has 0 aromatic heterocycles. The van der Waals surface area contributed by atoms with E-state index in [0.717, 1.165) is 12.4 Å². The molecule has 3 nitrogen and oxygen atoms in total. The number of nitrogens with one attached hydrogen (secondary N) is 1. The molecule has 1 aliphatic heterocycles. The first-order valence-electron chi connectivity index (χ1n) is 3.22. The second-order valence-electron chi connectivity index (χ2n) is 2.45. The van der Waals surface area contributed by atoms with Crippen LogP contribution in [-0.4, -0.2) is 30.5 Å². The third-order valence-corrected chi connectivity index (χ3v) is 1.52. The largest absolute Gasteiger partial charge is 0.299 e. The minimum atomic E-state index is 0.432. The van der Waals surface area contributed by atoms with Gasteiger partial charge in [-0.25, -0.2) is 5.43 Å². The van der Waals surface area contributed by atoms with Gasteiger partial charge in [-0.1, -0.05) is 0 Å². The van der Waals surface area contributed by atoms with Gasteiger partial charge in [0.15, 0.2) is 0 Å². The van der Waals surface area contributed by atoms with Gasteiger partial charge in [-0.3, -0.25) is 10.0 Å². The zero-order valence-corrected chi connectivity index (χ0v) is 6.18. The van der Waals surface area contributed by atoms with E-state index in [1.807, 2.05) is 19.0 Å². The molecule has 52 valence electrons. The van der Waals surface area contributed by atoms with Crippen molar-refractivity contribution in [3.05, 3.63) is 0 Å². The fourth-order valence-electron chi connectivity index (χ4n) is 0.835. The monoisotopic (exact) mass is 127 g/mol. The van der Waals surface area contributed by atoms with Crippen LogP contribution in [0.25, 0.3) is 0 Å². The topological polar surface area (TPSA) is 27.6 Å². The Morgan fingerprint density at radius 2 is 2.44 bits per heavy atom. The molecule has 0 aliphatic carbocycles. The summed E-state index contributed by atoms with van der Waals surface area (Å²) in [5.41, 5.74) is 3.18. The van der Waals surface area contributed by atoms with E-state index in [4.69, 9.17) is 0 Å². The van der Waals surface area contributed by atoms with Gasteiger partial charge in [0.25, 0.3) is 0 Å². The maximum absolute atomic E-state index is 4.34. The first kappa shape index (κ1) is 6.55. The van der Waals surface area contributed by atoms with Crippen molar-refractivity contribution >= 4 is 5.84 Å². The van der Waals surface area contributed by atoms with Gasteiger partial charge >= 0.3 is 0 Å². The van der Waals surface area contributed by atoms with Crippen molar-refractivity contribution in [3.63, 3.8) is 0 Å². The van der Waals surface area contributed by atoms with Crippen molar-refractivity contribution in [2.75, 3.05) is 13.6 Å². The van der Waals surface area contributed by atoms with E-state index >= 15 is 0 Å². The van der Waals surface area contributed by atoms with E-state index in [2.05, 4.69) is 17.3 Å². The van der Waals surface area contributed by atoms with Crippen molar-refractivity contribution in [1.82, 2.24) is 10.4 Å². The Balaban J connectivity index is 2.61. The molecule has 0 bridgehead atoms. The van der Waals surface area contributed by atoms with Crippen LogP contribution in [0.15, 0.2) is 4.99 Å². The van der Waals surface area contributed by atoms with Crippen molar-refractivity contribution in [3.8, 4) is 0 Å². The van der Waals surface area contributed by atoms with Gasteiger partial charge in [-0.15, -0.1) is 0 Å². The second kappa shape index (κ2) is 2.35. The fourth-order valence-corrected chi connectivity index (χ4v) is 0.835. The summed E-state index contributed by atoms with van der Waals surface area (Å²) in [7, 11) is 1.98. The van der Waals surface area contributed by atoms with Crippen LogP contribution in [-0.2, 0) is 0 Å². The number of hydrazine groups is 1. The zero-order valence-electron chi connectivity index (χ0n) is 6.18. The van der Waals surface area contributed by atoms with Crippen LogP contribution in [0.4, 0.5) is 0 Å². The van der Waals surface area contributed by atoms with E-state index in [1.165, 1.54) is 0 Å². The van der Waals surface area contributed by atoms with Crippen LogP contribution in [0.5, 0.6) is 0 Å². The lowest BCUT2D eigenvalue weighted by molar-refractivity contribution is 0.328. The van der Waals surface area contributed by atoms with Crippen molar-refractivity contribution in [2.45, 2.75) is 19.9 Å². The Morgan fingerprint density at radius 3 is 2.89 bits per heavy atom. The van der Waals surface area contributed by atoms with Gasteiger partial charge in [0.05, 0.1) is 6.04 Å². The average Bonchev–Trinajstić information content (AvgIpc) is 1.80. The van der Waals surface area contributed by atoms with Crippen LogP contribution >= 0.6 is 0 Å². The molecule has 1 atom stereocenters. The Morgan fingerprint density at radius 1 is 1.78 bits per heavy atom. The highest BCUT2D eigenvalue weighted by atomic mass is 15.5. The Hall–Kier alpha value is -0.570. The Labute approximate surface area is 55.7 Å². The molecule has 1 rings (SSSR count). The summed E-state index contributed by atoms with van der Waals surface area (Å²) < 4.78 is 0. The summed E-state index contributed by atoms with van der Waals surface area (Å²) in [5, 5.41) is 1.94. The highest BCUT2D eigenvalue weighted by molar-refractivity contribution is 5.79. The van der Waals surface area contributed by atoms with Gasteiger partial charge in [0.1, 0.15) is 5.84 Å². The fraction of sp³-hybridized carbons (Fsp3) is 0.833. The van der Waals surface area contributed by atoms with Crippen LogP contribution < -0.4 is 5.43 Å². The number of hydrogen-bond acceptors (Lipinski definition) is 3. The SMILES string of the molecule is CC1=NC(C)CNN1C. The van der Waals surface area contributed by atoms with Crippen LogP contribution in [0.3, 0.4) is 0 Å². The molecule has 0 aromatic rings. The lowest BCUT2D eigenvalue weighted by Gasteiger charge is -2.26. The van der Waals surface area contributed by atoms with Gasteiger partial charge in [-0.2, -0.15) is 0 Å². The third-order valence-electron chi connectivity index (χ3n) is 1.52. The molecule has 0 spiro atoms. The molecule has 1 unspecified atom stereocenters. The molecule has 0 saturated carbocycles. The maximum Gasteiger partial charge on any atom is 0.110 e. The quantitative estimate of drug-likeness (QED) is 0.505. The summed E-state index contributed by atoms with van der Waals surface area (Å²) in [6, 6.07) is 0.432. The zero-order chi connectivity index (χ0) is 6.85. The van der Waals surface area contributed by atoms with Gasteiger partial charge in [0, 0.05) is 13.6 Å². The third kappa shape index (κ3) is 1.42. The molecule has 0 saturated heterocycles. The summed E-state index contributed by atoms with van der Waals surface area (Å²) >= 11 is 0. The predicted molar refractivity (Wildman–Crippen MR) is 38.3 cm³/mol. The Kier molecular flexibility index (Phi) is 1.71. The van der Waals surface area contributed by atoms with Crippen LogP contribution in [0.2, 0.25) is 0 Å². The molecule has 1 aliphatic rings. The van der Waals surface area contributed by atoms with E-state index in [9.17, 15) is 0 Å². The standard InChI is InChI=1S/C6H13N3/c1-5-4-7-9(3)6(2)8-5/h5,7H,4H2,1-3H3. The summed E-state index contributed by atoms with van der Waals surface area (Å²) in [4.78, 5) is 4.34. The predicted octanol–water partition coefficient (Wildman–Crippen LogP) is 0.243. The molecule has 3 heteroatoms. The normalized spacial score (nSPS) is 28.1. The smallest absolute Gasteiger partial charge is 0.110 e. The molecule has 0 fully saturated rings. The first-order chi connectivity index (χ1) is 4.20. The summed E-state index contributed by atoms with van der Waals surface area (Å²) in [6.45, 7) is 5.06. The molecule has 9 heavy (non-hydrogen) atoms. The average molecular weight is 127 g/mol. The van der Waals surface area contributed by atoms with E-state index in [-0.39, 0.29) is 0 Å². The van der Waals surface area contributed by atoms with Crippen LogP contribution in [0, 0.1) is 0 Å². The molecular weight excluding hydrogens is 114 g/mol. The molecule has 0 amide bonds. The highest BCUT2D eigenvalue weighted by Gasteiger charge is 2.09. The van der Waals surface area contributed by atoms with Gasteiger partial charge < -0.3 is 0 Å². The number of rotatable bonds is 0. The molecule has 1 N–H and O–H groups in total. The number of aliphatic imine (C=N–C) groups is 1. The molecule has 0 aromatic carbocycles. The van der Waals surface area contributed by atoms with Gasteiger partial charge in [0.2, 0.25) is 0 Å². The van der Waals surface area contributed by atoms with Crippen molar-refractivity contribution in [1.29, 1.82) is 0 Å². The maximum atomic E-state index is 4.34. The molecular formula is C6H13N3. The lowest BCUT2D eigenvalue weighted by atomic mass is 10.3. The highest BCUT2D eigenvalue weighted by Crippen LogP contribution is 1.96. The van der Waals surface area contributed by atoms with E-state index in [0.29, 0.717) is 6.04 Å². The minimum absolute atomic E-state index is 0.432. The minimum Gasteiger partial charge on any atom is -0.299 e. The number of nitrogens with zero attached hydrogens (tertiary/aromatic N) is 2. The number of hydrogen-bond donors (Lipinski definition) is 1. The number of amidine groups is 1. The second-order valence-corrected chi connectivity index (χ2v) is 2.45. The summed E-state index contributed by atoms with van der Waals surface area (Å²) in [5.74, 6) is 1.06. The lowest BCUT2D eigenvalue weighted by Crippen LogP contribution is -2.46. The first-order valence-corrected chi connectivity index (χ1v) is 3.22. The van der Waals surface area contributed by atoms with Crippen molar-refractivity contribution in [2.24, 2.45) is 4.99 Å². The van der Waals surface area contributed by atoms with Crippen LogP contribution in [0.1, 0.15) is 13.8 Å². The Bertz CT molecular complexity index is 130. The molecule has 1 heterocycles. The van der Waals surface area contributed by atoms with Crippen molar-refractivity contribution < 1.29 is 0 Å².